The minimum atomic E-state index is -4.92. The number of quaternary nitrogens is 1. The predicted octanol–water partition coefficient (Wildman–Crippen LogP) is 1.35. The Morgan fingerprint density at radius 1 is 1.40 bits per heavy atom. The fraction of sp³-hybridized carbons (Fsp3) is 0.667. The lowest BCUT2D eigenvalue weighted by molar-refractivity contribution is -0.187. The van der Waals surface area contributed by atoms with Crippen molar-refractivity contribution in [3.8, 4) is 0 Å². The van der Waals surface area contributed by atoms with Crippen molar-refractivity contribution in [2.45, 2.75) is 12.3 Å². The molecular formula is C3H6F4NO2+. The molecule has 0 amide bonds. The van der Waals surface area contributed by atoms with Crippen molar-refractivity contribution in [1.82, 2.24) is 6.15 Å². The molecule has 62 valence electrons. The summed E-state index contributed by atoms with van der Waals surface area (Å²) in [4.78, 5) is 9.23. The molecule has 0 rings (SSSR count). The average molecular weight is 164 g/mol. The topological polar surface area (TPSA) is 73.8 Å². The first-order valence-corrected chi connectivity index (χ1v) is 1.78. The van der Waals surface area contributed by atoms with E-state index in [0.29, 0.717) is 0 Å². The lowest BCUT2D eigenvalue weighted by Gasteiger charge is -2.07. The van der Waals surface area contributed by atoms with Gasteiger partial charge in [-0.25, -0.2) is 13.6 Å². The van der Waals surface area contributed by atoms with Gasteiger partial charge in [-0.2, -0.15) is 8.78 Å². The quantitative estimate of drug-likeness (QED) is 0.604. The lowest BCUT2D eigenvalue weighted by atomic mass is 10.4. The van der Waals surface area contributed by atoms with E-state index in [9.17, 15) is 22.4 Å². The van der Waals surface area contributed by atoms with Crippen LogP contribution in [0.5, 0.6) is 0 Å². The highest BCUT2D eigenvalue weighted by Crippen LogP contribution is 2.22. The maximum absolute atomic E-state index is 11.3. The van der Waals surface area contributed by atoms with Crippen LogP contribution in [0.1, 0.15) is 0 Å². The second kappa shape index (κ2) is 3.35. The van der Waals surface area contributed by atoms with Crippen LogP contribution in [0.25, 0.3) is 0 Å². The summed E-state index contributed by atoms with van der Waals surface area (Å²) in [5.74, 6) is -7.72. The first kappa shape index (κ1) is 11.9. The lowest BCUT2D eigenvalue weighted by Crippen LogP contribution is -2.35. The van der Waals surface area contributed by atoms with E-state index in [-0.39, 0.29) is 6.15 Å². The highest BCUT2D eigenvalue weighted by Gasteiger charge is 2.49. The van der Waals surface area contributed by atoms with Gasteiger partial charge in [0.2, 0.25) is 0 Å². The number of hydrogen-bond acceptors (Lipinski definition) is 1. The first-order valence-electron chi connectivity index (χ1n) is 1.78. The van der Waals surface area contributed by atoms with Crippen LogP contribution >= 0.6 is 0 Å². The molecule has 0 radical (unpaired) electrons. The molecule has 0 saturated heterocycles. The summed E-state index contributed by atoms with van der Waals surface area (Å²) in [6.07, 6.45) is -4.14. The minimum Gasteiger partial charge on any atom is -0.477 e. The highest BCUT2D eigenvalue weighted by molar-refractivity contribution is 5.75. The maximum atomic E-state index is 11.3. The third-order valence-electron chi connectivity index (χ3n) is 0.559. The Balaban J connectivity index is 0. The zero-order chi connectivity index (χ0) is 7.65. The molecule has 0 aliphatic rings. The summed E-state index contributed by atoms with van der Waals surface area (Å²) in [5, 5.41) is 7.38. The van der Waals surface area contributed by atoms with Gasteiger partial charge in [0.1, 0.15) is 0 Å². The SMILES string of the molecule is O=C(O)C(F)(F)C(F)F.[NH4+]. The van der Waals surface area contributed by atoms with Gasteiger partial charge in [-0.15, -0.1) is 0 Å². The summed E-state index contributed by atoms with van der Waals surface area (Å²) in [6.45, 7) is 0. The van der Waals surface area contributed by atoms with E-state index in [2.05, 4.69) is 0 Å². The highest BCUT2D eigenvalue weighted by atomic mass is 19.3. The molecule has 0 aromatic heterocycles. The number of aliphatic carboxylic acids is 1. The number of alkyl halides is 4. The molecule has 0 spiro atoms. The number of carboxylic acids is 1. The van der Waals surface area contributed by atoms with Crippen LogP contribution in [0.15, 0.2) is 0 Å². The van der Waals surface area contributed by atoms with E-state index in [0.717, 1.165) is 0 Å². The van der Waals surface area contributed by atoms with Crippen LogP contribution in [0.3, 0.4) is 0 Å². The van der Waals surface area contributed by atoms with Crippen molar-refractivity contribution in [1.29, 1.82) is 0 Å². The first-order chi connectivity index (χ1) is 3.89. The number of carbonyl (C=O) groups is 1. The molecule has 5 N–H and O–H groups in total. The van der Waals surface area contributed by atoms with Gasteiger partial charge in [0.15, 0.2) is 0 Å². The third-order valence-corrected chi connectivity index (χ3v) is 0.559. The Bertz CT molecular complexity index is 126. The van der Waals surface area contributed by atoms with E-state index >= 15 is 0 Å². The predicted molar refractivity (Wildman–Crippen MR) is 24.6 cm³/mol. The Kier molecular flexibility index (Phi) is 3.98. The summed E-state index contributed by atoms with van der Waals surface area (Å²) < 4.78 is 44.5. The molecule has 0 bridgehead atoms. The van der Waals surface area contributed by atoms with Crippen LogP contribution < -0.4 is 6.15 Å². The van der Waals surface area contributed by atoms with Gasteiger partial charge in [0.25, 0.3) is 0 Å². The van der Waals surface area contributed by atoms with Crippen molar-refractivity contribution in [3.05, 3.63) is 0 Å². The molecule has 0 saturated carbocycles. The van der Waals surface area contributed by atoms with Crippen LogP contribution in [0, 0.1) is 0 Å². The molecule has 0 aliphatic carbocycles. The standard InChI is InChI=1S/C3H2F4O2.H3N/c4-1(5)3(6,7)2(8)9;/h1H,(H,8,9);1H3/p+1. The van der Waals surface area contributed by atoms with Crippen LogP contribution in [0.4, 0.5) is 17.6 Å². The number of halogens is 4. The van der Waals surface area contributed by atoms with Gasteiger partial charge >= 0.3 is 18.3 Å². The van der Waals surface area contributed by atoms with Crippen molar-refractivity contribution >= 4 is 5.97 Å². The Labute approximate surface area is 53.2 Å². The number of carboxylic acid groups (broad SMARTS) is 1. The normalized spacial score (nSPS) is 10.9. The maximum Gasteiger partial charge on any atom is 0.401 e. The van der Waals surface area contributed by atoms with Gasteiger partial charge < -0.3 is 11.3 Å². The van der Waals surface area contributed by atoms with Crippen molar-refractivity contribution in [2.24, 2.45) is 0 Å². The Hall–Kier alpha value is -0.850. The fourth-order valence-electron chi connectivity index (χ4n) is 0.0933. The summed E-state index contributed by atoms with van der Waals surface area (Å²) >= 11 is 0. The minimum absolute atomic E-state index is 0. The third kappa shape index (κ3) is 2.18. The largest absolute Gasteiger partial charge is 0.477 e. The van der Waals surface area contributed by atoms with Crippen molar-refractivity contribution in [3.63, 3.8) is 0 Å². The smallest absolute Gasteiger partial charge is 0.401 e. The zero-order valence-corrected chi connectivity index (χ0v) is 4.94. The molecule has 0 atom stereocenters. The Morgan fingerprint density at radius 3 is 1.70 bits per heavy atom. The van der Waals surface area contributed by atoms with E-state index in [1.807, 2.05) is 0 Å². The second-order valence-electron chi connectivity index (χ2n) is 1.23. The molecule has 0 fully saturated rings. The molecule has 7 heteroatoms. The molecular weight excluding hydrogens is 158 g/mol. The van der Waals surface area contributed by atoms with Gasteiger partial charge in [-0.3, -0.25) is 0 Å². The Morgan fingerprint density at radius 2 is 1.70 bits per heavy atom. The summed E-state index contributed by atoms with van der Waals surface area (Å²) in [6, 6.07) is 0. The monoisotopic (exact) mass is 164 g/mol. The second-order valence-corrected chi connectivity index (χ2v) is 1.23. The van der Waals surface area contributed by atoms with Gasteiger partial charge in [-0.1, -0.05) is 0 Å². The van der Waals surface area contributed by atoms with Crippen LogP contribution in [0.2, 0.25) is 0 Å². The van der Waals surface area contributed by atoms with E-state index in [4.69, 9.17) is 5.11 Å². The molecule has 0 aromatic rings. The molecule has 0 unspecified atom stereocenters. The van der Waals surface area contributed by atoms with E-state index in [1.165, 1.54) is 0 Å². The molecule has 0 aromatic carbocycles. The van der Waals surface area contributed by atoms with Crippen LogP contribution in [-0.2, 0) is 4.79 Å². The van der Waals surface area contributed by atoms with E-state index in [1.54, 1.807) is 0 Å². The number of rotatable bonds is 2. The average Bonchev–Trinajstić information content (AvgIpc) is 1.65. The van der Waals surface area contributed by atoms with E-state index < -0.39 is 18.3 Å². The molecule has 3 nitrogen and oxygen atoms in total. The molecule has 0 heterocycles. The van der Waals surface area contributed by atoms with Crippen molar-refractivity contribution in [2.75, 3.05) is 0 Å². The molecule has 0 aliphatic heterocycles. The molecule has 10 heavy (non-hydrogen) atoms. The van der Waals surface area contributed by atoms with Crippen molar-refractivity contribution < 1.29 is 27.5 Å². The van der Waals surface area contributed by atoms with Gasteiger partial charge in [0.05, 0.1) is 0 Å². The number of hydrogen-bond donors (Lipinski definition) is 2. The fourth-order valence-corrected chi connectivity index (χ4v) is 0.0933. The van der Waals surface area contributed by atoms with Crippen LogP contribution in [-0.4, -0.2) is 23.4 Å². The summed E-state index contributed by atoms with van der Waals surface area (Å²) in [5.41, 5.74) is 0. The zero-order valence-electron chi connectivity index (χ0n) is 4.94. The van der Waals surface area contributed by atoms with Gasteiger partial charge in [0, 0.05) is 0 Å². The van der Waals surface area contributed by atoms with Gasteiger partial charge in [-0.05, 0) is 0 Å². The summed E-state index contributed by atoms with van der Waals surface area (Å²) in [7, 11) is 0.